The molecular formula is C17H30N4. The highest BCUT2D eigenvalue weighted by Crippen LogP contribution is 2.16. The summed E-state index contributed by atoms with van der Waals surface area (Å²) in [6.07, 6.45) is 2.39. The second-order valence-corrected chi connectivity index (χ2v) is 5.59. The minimum Gasteiger partial charge on any atom is -0.354 e. The quantitative estimate of drug-likeness (QED) is 0.618. The number of hydrogen-bond donors (Lipinski definition) is 1. The fourth-order valence-electron chi connectivity index (χ4n) is 2.35. The molecule has 4 heteroatoms. The van der Waals surface area contributed by atoms with E-state index in [1.54, 1.807) is 0 Å². The second kappa shape index (κ2) is 9.40. The predicted octanol–water partition coefficient (Wildman–Crippen LogP) is 2.60. The predicted molar refractivity (Wildman–Crippen MR) is 91.8 cm³/mol. The van der Waals surface area contributed by atoms with E-state index in [4.69, 9.17) is 0 Å². The molecule has 1 rings (SSSR count). The Kier molecular flexibility index (Phi) is 7.83. The molecule has 0 amide bonds. The van der Waals surface area contributed by atoms with Crippen LogP contribution >= 0.6 is 0 Å². The Morgan fingerprint density at radius 2 is 1.86 bits per heavy atom. The van der Waals surface area contributed by atoms with Crippen molar-refractivity contribution in [1.82, 2.24) is 15.1 Å². The molecule has 1 aromatic carbocycles. The molecule has 0 bridgehead atoms. The molecule has 0 spiro atoms. The zero-order valence-corrected chi connectivity index (χ0v) is 14.1. The highest BCUT2D eigenvalue weighted by atomic mass is 15.3. The van der Waals surface area contributed by atoms with Crippen molar-refractivity contribution in [3.8, 4) is 0 Å². The lowest BCUT2D eigenvalue weighted by atomic mass is 10.1. The summed E-state index contributed by atoms with van der Waals surface area (Å²) < 4.78 is 0. The van der Waals surface area contributed by atoms with E-state index in [1.165, 1.54) is 18.4 Å². The van der Waals surface area contributed by atoms with Gasteiger partial charge in [0.05, 0.1) is 6.04 Å². The number of benzene rings is 1. The third-order valence-corrected chi connectivity index (χ3v) is 3.68. The molecule has 21 heavy (non-hydrogen) atoms. The molecule has 0 aliphatic carbocycles. The largest absolute Gasteiger partial charge is 0.354 e. The number of guanidine groups is 1. The molecule has 118 valence electrons. The Bertz CT molecular complexity index is 414. The minimum atomic E-state index is 0.336. The molecule has 0 aliphatic rings. The topological polar surface area (TPSA) is 30.9 Å². The van der Waals surface area contributed by atoms with Crippen LogP contribution in [0.25, 0.3) is 0 Å². The van der Waals surface area contributed by atoms with Gasteiger partial charge in [-0.1, -0.05) is 43.7 Å². The summed E-state index contributed by atoms with van der Waals surface area (Å²) in [6, 6.07) is 10.9. The van der Waals surface area contributed by atoms with Gasteiger partial charge in [0.1, 0.15) is 0 Å². The van der Waals surface area contributed by atoms with Crippen LogP contribution in [0, 0.1) is 0 Å². The molecule has 0 radical (unpaired) electrons. The first-order valence-corrected chi connectivity index (χ1v) is 7.73. The standard InChI is InChI=1S/C17H30N4/c1-6-7-13-21(5)17(18-2)19-14-16(20(3)4)15-11-9-8-10-12-15/h8-12,16H,6-7,13-14H2,1-5H3,(H,18,19). The molecule has 1 aromatic rings. The van der Waals surface area contributed by atoms with Gasteiger partial charge >= 0.3 is 0 Å². The van der Waals surface area contributed by atoms with E-state index in [2.05, 4.69) is 78.5 Å². The van der Waals surface area contributed by atoms with E-state index in [0.717, 1.165) is 19.0 Å². The Labute approximate surface area is 129 Å². The number of unbranched alkanes of at least 4 members (excludes halogenated alkanes) is 1. The van der Waals surface area contributed by atoms with Crippen molar-refractivity contribution in [3.63, 3.8) is 0 Å². The van der Waals surface area contributed by atoms with Crippen LogP contribution in [0.3, 0.4) is 0 Å². The number of rotatable bonds is 7. The maximum Gasteiger partial charge on any atom is 0.193 e. The van der Waals surface area contributed by atoms with E-state index in [-0.39, 0.29) is 0 Å². The van der Waals surface area contributed by atoms with Gasteiger partial charge in [0.2, 0.25) is 0 Å². The van der Waals surface area contributed by atoms with Crippen molar-refractivity contribution in [1.29, 1.82) is 0 Å². The van der Waals surface area contributed by atoms with E-state index in [0.29, 0.717) is 6.04 Å². The lowest BCUT2D eigenvalue weighted by Crippen LogP contribution is -2.43. The fourth-order valence-corrected chi connectivity index (χ4v) is 2.35. The second-order valence-electron chi connectivity index (χ2n) is 5.59. The van der Waals surface area contributed by atoms with Gasteiger partial charge in [-0.05, 0) is 26.1 Å². The number of aliphatic imine (C=N–C) groups is 1. The number of nitrogens with zero attached hydrogens (tertiary/aromatic N) is 3. The van der Waals surface area contributed by atoms with Gasteiger partial charge in [-0.3, -0.25) is 4.99 Å². The lowest BCUT2D eigenvalue weighted by molar-refractivity contribution is 0.295. The van der Waals surface area contributed by atoms with Gasteiger partial charge in [0.15, 0.2) is 5.96 Å². The van der Waals surface area contributed by atoms with Gasteiger partial charge in [-0.2, -0.15) is 0 Å². The molecule has 0 saturated heterocycles. The van der Waals surface area contributed by atoms with Crippen molar-refractivity contribution in [2.45, 2.75) is 25.8 Å². The Morgan fingerprint density at radius 1 is 1.19 bits per heavy atom. The van der Waals surface area contributed by atoms with Crippen LogP contribution in [0.5, 0.6) is 0 Å². The normalized spacial score (nSPS) is 13.3. The lowest BCUT2D eigenvalue weighted by Gasteiger charge is -2.28. The number of nitrogens with one attached hydrogen (secondary N) is 1. The van der Waals surface area contributed by atoms with Crippen LogP contribution in [-0.2, 0) is 0 Å². The summed E-state index contributed by atoms with van der Waals surface area (Å²) >= 11 is 0. The van der Waals surface area contributed by atoms with Crippen LogP contribution < -0.4 is 5.32 Å². The average molecular weight is 290 g/mol. The van der Waals surface area contributed by atoms with Gasteiger partial charge in [-0.15, -0.1) is 0 Å². The smallest absolute Gasteiger partial charge is 0.193 e. The SMILES string of the molecule is CCCCN(C)C(=NC)NCC(c1ccccc1)N(C)C. The Hall–Kier alpha value is -1.55. The third kappa shape index (κ3) is 5.76. The Balaban J connectivity index is 2.64. The molecule has 0 heterocycles. The van der Waals surface area contributed by atoms with Crippen LogP contribution in [0.1, 0.15) is 31.4 Å². The molecule has 0 aromatic heterocycles. The molecule has 0 saturated carbocycles. The van der Waals surface area contributed by atoms with Gasteiger partial charge in [-0.25, -0.2) is 0 Å². The zero-order valence-electron chi connectivity index (χ0n) is 14.1. The van der Waals surface area contributed by atoms with E-state index < -0.39 is 0 Å². The van der Waals surface area contributed by atoms with Crippen LogP contribution in [0.2, 0.25) is 0 Å². The highest BCUT2D eigenvalue weighted by Gasteiger charge is 2.15. The zero-order chi connectivity index (χ0) is 15.7. The summed E-state index contributed by atoms with van der Waals surface area (Å²) in [5, 5.41) is 3.49. The average Bonchev–Trinajstić information content (AvgIpc) is 2.49. The molecule has 1 N–H and O–H groups in total. The fraction of sp³-hybridized carbons (Fsp3) is 0.588. The van der Waals surface area contributed by atoms with Crippen LogP contribution in [-0.4, -0.2) is 57.0 Å². The van der Waals surface area contributed by atoms with Gasteiger partial charge in [0.25, 0.3) is 0 Å². The molecule has 0 aliphatic heterocycles. The van der Waals surface area contributed by atoms with E-state index >= 15 is 0 Å². The number of likely N-dealkylation sites (N-methyl/N-ethyl adjacent to an activating group) is 1. The van der Waals surface area contributed by atoms with Crippen molar-refractivity contribution in [2.75, 3.05) is 41.3 Å². The monoisotopic (exact) mass is 290 g/mol. The van der Waals surface area contributed by atoms with Gasteiger partial charge in [0, 0.05) is 27.2 Å². The van der Waals surface area contributed by atoms with Crippen molar-refractivity contribution in [3.05, 3.63) is 35.9 Å². The highest BCUT2D eigenvalue weighted by molar-refractivity contribution is 5.79. The van der Waals surface area contributed by atoms with Crippen molar-refractivity contribution < 1.29 is 0 Å². The van der Waals surface area contributed by atoms with Crippen molar-refractivity contribution in [2.24, 2.45) is 4.99 Å². The van der Waals surface area contributed by atoms with E-state index in [9.17, 15) is 0 Å². The maximum atomic E-state index is 4.38. The first-order chi connectivity index (χ1) is 10.1. The van der Waals surface area contributed by atoms with Crippen LogP contribution in [0.4, 0.5) is 0 Å². The molecule has 4 nitrogen and oxygen atoms in total. The summed E-state index contributed by atoms with van der Waals surface area (Å²) in [5.41, 5.74) is 1.32. The summed E-state index contributed by atoms with van der Waals surface area (Å²) in [4.78, 5) is 8.81. The third-order valence-electron chi connectivity index (χ3n) is 3.68. The van der Waals surface area contributed by atoms with Crippen LogP contribution in [0.15, 0.2) is 35.3 Å². The summed E-state index contributed by atoms with van der Waals surface area (Å²) in [7, 11) is 8.17. The summed E-state index contributed by atoms with van der Waals surface area (Å²) in [6.45, 7) is 4.09. The molecular weight excluding hydrogens is 260 g/mol. The Morgan fingerprint density at radius 3 is 2.38 bits per heavy atom. The van der Waals surface area contributed by atoms with E-state index in [1.807, 2.05) is 7.05 Å². The minimum absolute atomic E-state index is 0.336. The number of hydrogen-bond acceptors (Lipinski definition) is 2. The first kappa shape index (κ1) is 17.5. The van der Waals surface area contributed by atoms with Gasteiger partial charge < -0.3 is 15.1 Å². The summed E-state index contributed by atoms with van der Waals surface area (Å²) in [5.74, 6) is 0.964. The van der Waals surface area contributed by atoms with Crippen molar-refractivity contribution >= 4 is 5.96 Å². The first-order valence-electron chi connectivity index (χ1n) is 7.73. The molecule has 0 fully saturated rings. The molecule has 1 unspecified atom stereocenters. The maximum absolute atomic E-state index is 4.38. The molecule has 1 atom stereocenters.